The van der Waals surface area contributed by atoms with E-state index >= 15 is 0 Å². The van der Waals surface area contributed by atoms with Gasteiger partial charge in [0.1, 0.15) is 4.99 Å². The second-order valence-electron chi connectivity index (χ2n) is 5.69. The fourth-order valence-corrected chi connectivity index (χ4v) is 3.81. The van der Waals surface area contributed by atoms with Gasteiger partial charge in [-0.15, -0.1) is 0 Å². The number of nitrogens with zero attached hydrogens (tertiary/aromatic N) is 1. The highest BCUT2D eigenvalue weighted by Gasteiger charge is 2.46. The first-order valence-electron chi connectivity index (χ1n) is 7.61. The van der Waals surface area contributed by atoms with Crippen molar-refractivity contribution in [2.24, 2.45) is 0 Å². The molecule has 8 heteroatoms. The minimum absolute atomic E-state index is 0.0160. The number of hydrogen-bond acceptors (Lipinski definition) is 3. The maximum absolute atomic E-state index is 13.6. The zero-order valence-electron chi connectivity index (χ0n) is 13.2. The maximum Gasteiger partial charge on any atom is 0.416 e. The molecule has 2 atom stereocenters. The lowest BCUT2D eigenvalue weighted by atomic mass is 9.80. The van der Waals surface area contributed by atoms with Crippen LogP contribution in [0.1, 0.15) is 23.1 Å². The summed E-state index contributed by atoms with van der Waals surface area (Å²) in [7, 11) is 0. The van der Waals surface area contributed by atoms with Crippen molar-refractivity contribution in [3.8, 4) is 0 Å². The molecule has 2 aromatic rings. The molecule has 0 saturated carbocycles. The predicted octanol–water partition coefficient (Wildman–Crippen LogP) is 3.75. The van der Waals surface area contributed by atoms with Crippen LogP contribution >= 0.6 is 24.4 Å². The SMILES string of the molecule is N=C=C1C(=S)NC(=S)C([n+]2ccccc2)C1c1ccccc1C(F)(F)F. The normalized spacial score (nSPS) is 20.5. The van der Waals surface area contributed by atoms with Crippen molar-refractivity contribution in [2.45, 2.75) is 18.1 Å². The zero-order chi connectivity index (χ0) is 18.9. The number of aromatic nitrogens is 1. The number of benzene rings is 1. The third kappa shape index (κ3) is 3.31. The molecule has 1 saturated heterocycles. The molecular formula is C18H13F3N3S2+. The van der Waals surface area contributed by atoms with Gasteiger partial charge in [-0.05, 0) is 17.5 Å². The van der Waals surface area contributed by atoms with Crippen molar-refractivity contribution < 1.29 is 17.7 Å². The predicted molar refractivity (Wildman–Crippen MR) is 99.4 cm³/mol. The van der Waals surface area contributed by atoms with Crippen molar-refractivity contribution in [1.29, 1.82) is 5.41 Å². The number of thiocarbonyl (C=S) groups is 2. The maximum atomic E-state index is 13.6. The van der Waals surface area contributed by atoms with Crippen LogP contribution in [-0.4, -0.2) is 15.8 Å². The minimum Gasteiger partial charge on any atom is -0.335 e. The number of piperidine rings is 1. The van der Waals surface area contributed by atoms with Crippen molar-refractivity contribution >= 4 is 40.3 Å². The Balaban J connectivity index is 2.27. The third-order valence-electron chi connectivity index (χ3n) is 4.17. The van der Waals surface area contributed by atoms with E-state index in [9.17, 15) is 13.2 Å². The van der Waals surface area contributed by atoms with Gasteiger partial charge in [0.2, 0.25) is 6.04 Å². The van der Waals surface area contributed by atoms with Gasteiger partial charge in [-0.1, -0.05) is 48.7 Å². The molecule has 1 fully saturated rings. The Morgan fingerprint density at radius 3 is 2.31 bits per heavy atom. The van der Waals surface area contributed by atoms with Crippen molar-refractivity contribution in [1.82, 2.24) is 5.32 Å². The van der Waals surface area contributed by atoms with Crippen molar-refractivity contribution in [3.63, 3.8) is 0 Å². The van der Waals surface area contributed by atoms with Gasteiger partial charge in [-0.2, -0.15) is 17.7 Å². The zero-order valence-corrected chi connectivity index (χ0v) is 14.9. The smallest absolute Gasteiger partial charge is 0.335 e. The van der Waals surface area contributed by atoms with Crippen LogP contribution in [0.2, 0.25) is 0 Å². The van der Waals surface area contributed by atoms with Crippen LogP contribution in [0, 0.1) is 5.41 Å². The van der Waals surface area contributed by atoms with E-state index in [1.165, 1.54) is 18.2 Å². The lowest BCUT2D eigenvalue weighted by molar-refractivity contribution is -0.708. The van der Waals surface area contributed by atoms with Gasteiger partial charge in [0.25, 0.3) is 0 Å². The van der Waals surface area contributed by atoms with Crippen molar-refractivity contribution in [2.75, 3.05) is 0 Å². The summed E-state index contributed by atoms with van der Waals surface area (Å²) in [6, 6.07) is 9.96. The minimum atomic E-state index is -4.54. The molecule has 3 nitrogen and oxygen atoms in total. The summed E-state index contributed by atoms with van der Waals surface area (Å²) in [5.41, 5.74) is -0.583. The number of alkyl halides is 3. The lowest BCUT2D eigenvalue weighted by Crippen LogP contribution is -2.56. The summed E-state index contributed by atoms with van der Waals surface area (Å²) in [6.07, 6.45) is -1.10. The summed E-state index contributed by atoms with van der Waals surface area (Å²) in [5, 5.41) is 10.4. The standard InChI is InChI=1S/C18H12F3N3S2/c19-18(20,21)13-7-3-2-6-11(13)14-12(10-22)16(25)23-17(26)15(14)24-8-4-1-5-9-24/h1-9,14-15,22H/p+1. The Morgan fingerprint density at radius 1 is 1.04 bits per heavy atom. The van der Waals surface area contributed by atoms with Gasteiger partial charge < -0.3 is 5.32 Å². The van der Waals surface area contributed by atoms with Crippen LogP contribution in [0.15, 0.2) is 60.4 Å². The number of pyridine rings is 1. The van der Waals surface area contributed by atoms with Gasteiger partial charge >= 0.3 is 6.18 Å². The molecular weight excluding hydrogens is 379 g/mol. The molecule has 0 bridgehead atoms. The Hall–Kier alpha value is -2.41. The van der Waals surface area contributed by atoms with Gasteiger partial charge in [0.15, 0.2) is 17.4 Å². The van der Waals surface area contributed by atoms with E-state index < -0.39 is 23.7 Å². The molecule has 2 heterocycles. The molecule has 2 N–H and O–H groups in total. The number of hydrogen-bond donors (Lipinski definition) is 2. The quantitative estimate of drug-likeness (QED) is 0.354. The van der Waals surface area contributed by atoms with E-state index in [2.05, 4.69) is 11.2 Å². The largest absolute Gasteiger partial charge is 0.416 e. The third-order valence-corrected chi connectivity index (χ3v) is 4.84. The van der Waals surface area contributed by atoms with E-state index in [1.807, 2.05) is 0 Å². The number of rotatable bonds is 2. The Morgan fingerprint density at radius 2 is 1.69 bits per heavy atom. The lowest BCUT2D eigenvalue weighted by Gasteiger charge is -2.32. The molecule has 1 aliphatic rings. The van der Waals surface area contributed by atoms with Crippen LogP contribution in [0.4, 0.5) is 13.2 Å². The number of nitrogens with one attached hydrogen (secondary N) is 2. The first-order chi connectivity index (χ1) is 12.3. The highest BCUT2D eigenvalue weighted by Crippen LogP contribution is 2.42. The van der Waals surface area contributed by atoms with E-state index in [0.717, 1.165) is 6.07 Å². The van der Waals surface area contributed by atoms with Gasteiger partial charge in [-0.3, -0.25) is 5.41 Å². The van der Waals surface area contributed by atoms with E-state index in [0.29, 0.717) is 4.99 Å². The van der Waals surface area contributed by atoms with Crippen LogP contribution in [-0.2, 0) is 6.18 Å². The molecule has 0 radical (unpaired) electrons. The summed E-state index contributed by atoms with van der Waals surface area (Å²) < 4.78 is 42.5. The second kappa shape index (κ2) is 7.07. The second-order valence-corrected chi connectivity index (χ2v) is 6.54. The molecule has 3 rings (SSSR count). The van der Waals surface area contributed by atoms with E-state index in [-0.39, 0.29) is 16.1 Å². The first-order valence-corrected chi connectivity index (χ1v) is 8.43. The molecule has 0 spiro atoms. The van der Waals surface area contributed by atoms with Gasteiger partial charge in [-0.25, -0.2) is 0 Å². The topological polar surface area (TPSA) is 39.8 Å². The monoisotopic (exact) mass is 392 g/mol. The Bertz CT molecular complexity index is 919. The molecule has 1 aromatic heterocycles. The van der Waals surface area contributed by atoms with Crippen LogP contribution in [0.25, 0.3) is 0 Å². The molecule has 0 amide bonds. The van der Waals surface area contributed by atoms with Crippen LogP contribution < -0.4 is 9.88 Å². The molecule has 1 aromatic carbocycles. The summed E-state index contributed by atoms with van der Waals surface area (Å²) in [4.78, 5) is 0.423. The fraction of sp³-hybridized carbons (Fsp3) is 0.167. The summed E-state index contributed by atoms with van der Waals surface area (Å²) in [6.45, 7) is 0. The Labute approximate surface area is 158 Å². The highest BCUT2D eigenvalue weighted by molar-refractivity contribution is 7.82. The van der Waals surface area contributed by atoms with E-state index in [4.69, 9.17) is 29.8 Å². The summed E-state index contributed by atoms with van der Waals surface area (Å²) in [5.74, 6) is 1.35. The van der Waals surface area contributed by atoms with Gasteiger partial charge in [0.05, 0.1) is 17.1 Å². The van der Waals surface area contributed by atoms with Crippen molar-refractivity contribution in [3.05, 3.63) is 71.6 Å². The average molecular weight is 392 g/mol. The Kier molecular flexibility index (Phi) is 5.00. The molecule has 132 valence electrons. The fourth-order valence-electron chi connectivity index (χ4n) is 3.10. The molecule has 0 aliphatic carbocycles. The molecule has 26 heavy (non-hydrogen) atoms. The first kappa shape index (κ1) is 18.4. The van der Waals surface area contributed by atoms with E-state index in [1.54, 1.807) is 35.2 Å². The molecule has 1 aliphatic heterocycles. The van der Waals surface area contributed by atoms with Gasteiger partial charge in [0, 0.05) is 12.1 Å². The van der Waals surface area contributed by atoms with Crippen LogP contribution in [0.5, 0.6) is 0 Å². The summed E-state index contributed by atoms with van der Waals surface area (Å²) >= 11 is 10.6. The van der Waals surface area contributed by atoms with Crippen LogP contribution in [0.3, 0.4) is 0 Å². The highest BCUT2D eigenvalue weighted by atomic mass is 32.1. The molecule has 2 unspecified atom stereocenters. The average Bonchev–Trinajstić information content (AvgIpc) is 2.61. The number of halogens is 3.